The number of rotatable bonds is 3. The molecule has 4 atom stereocenters. The van der Waals surface area contributed by atoms with Gasteiger partial charge >= 0.3 is 0 Å². The number of nitrogens with zero attached hydrogens (tertiary/aromatic N) is 3. The van der Waals surface area contributed by atoms with Crippen molar-refractivity contribution >= 4 is 11.3 Å². The molecule has 2 unspecified atom stereocenters. The van der Waals surface area contributed by atoms with Crippen molar-refractivity contribution in [2.45, 2.75) is 108 Å². The van der Waals surface area contributed by atoms with Gasteiger partial charge in [-0.3, -0.25) is 4.90 Å². The molecular formula is C23H37N3S. The van der Waals surface area contributed by atoms with Crippen LogP contribution in [-0.4, -0.2) is 34.2 Å². The summed E-state index contributed by atoms with van der Waals surface area (Å²) in [7, 11) is 2.39. The van der Waals surface area contributed by atoms with Crippen molar-refractivity contribution < 1.29 is 0 Å². The number of piperidine rings is 1. The van der Waals surface area contributed by atoms with Gasteiger partial charge in [-0.15, -0.1) is 21.5 Å². The third kappa shape index (κ3) is 3.50. The lowest BCUT2D eigenvalue weighted by molar-refractivity contribution is 0.0575. The molecule has 0 N–H and O–H groups in total. The highest BCUT2D eigenvalue weighted by atomic mass is 32.1. The van der Waals surface area contributed by atoms with E-state index in [1.165, 1.54) is 87.1 Å². The molecule has 2 aliphatic heterocycles. The third-order valence-corrected chi connectivity index (χ3v) is 9.86. The fraction of sp³-hybridized carbons (Fsp3) is 0.913. The van der Waals surface area contributed by atoms with Gasteiger partial charge in [0, 0.05) is 23.9 Å². The van der Waals surface area contributed by atoms with Crippen molar-refractivity contribution in [1.29, 1.82) is 0 Å². The highest BCUT2D eigenvalue weighted by Crippen LogP contribution is 2.53. The quantitative estimate of drug-likeness (QED) is 0.639. The summed E-state index contributed by atoms with van der Waals surface area (Å²) in [5.41, 5.74) is 0. The van der Waals surface area contributed by atoms with Crippen molar-refractivity contribution in [3.63, 3.8) is 0 Å². The summed E-state index contributed by atoms with van der Waals surface area (Å²) < 4.78 is 0. The van der Waals surface area contributed by atoms with E-state index in [9.17, 15) is 0 Å². The van der Waals surface area contributed by atoms with E-state index in [0.717, 1.165) is 29.8 Å². The first-order chi connectivity index (χ1) is 13.2. The van der Waals surface area contributed by atoms with E-state index in [1.54, 1.807) is 0 Å². The van der Waals surface area contributed by atoms with Crippen LogP contribution in [0, 0.1) is 17.8 Å². The Morgan fingerprint density at radius 2 is 1.59 bits per heavy atom. The predicted molar refractivity (Wildman–Crippen MR) is 112 cm³/mol. The molecule has 4 aliphatic rings. The maximum Gasteiger partial charge on any atom is 0.122 e. The summed E-state index contributed by atoms with van der Waals surface area (Å²) in [5.74, 6) is 4.10. The molecule has 3 nitrogen and oxygen atoms in total. The second kappa shape index (κ2) is 7.74. The molecule has 0 aromatic carbocycles. The van der Waals surface area contributed by atoms with E-state index in [1.807, 2.05) is 11.3 Å². The summed E-state index contributed by atoms with van der Waals surface area (Å²) in [4.78, 5) is 2.72. The van der Waals surface area contributed by atoms with E-state index in [0.29, 0.717) is 11.8 Å². The molecule has 2 saturated carbocycles. The summed E-state index contributed by atoms with van der Waals surface area (Å²) in [6, 6.07) is 1.56. The summed E-state index contributed by atoms with van der Waals surface area (Å²) in [6.45, 7) is 2.45. The van der Waals surface area contributed by atoms with Gasteiger partial charge in [0.1, 0.15) is 10.0 Å². The molecular weight excluding hydrogens is 350 g/mol. The zero-order valence-electron chi connectivity index (χ0n) is 17.3. The highest BCUT2D eigenvalue weighted by Gasteiger charge is 2.49. The van der Waals surface area contributed by atoms with Gasteiger partial charge in [-0.2, -0.15) is 0 Å². The Hall–Kier alpha value is -0.480. The molecule has 5 rings (SSSR count). The van der Waals surface area contributed by atoms with Crippen molar-refractivity contribution in [3.8, 4) is 0 Å². The average molecular weight is 388 g/mol. The lowest BCUT2D eigenvalue weighted by Crippen LogP contribution is -2.47. The maximum absolute atomic E-state index is 4.87. The predicted octanol–water partition coefficient (Wildman–Crippen LogP) is 5.98. The largest absolute Gasteiger partial charge is 0.300 e. The molecule has 2 saturated heterocycles. The Bertz CT molecular complexity index is 629. The minimum absolute atomic E-state index is 0.655. The number of fused-ring (bicyclic) bond motifs is 2. The number of likely N-dealkylation sites (N-methyl/N-ethyl adjacent to an activating group) is 1. The molecule has 0 radical (unpaired) electrons. The van der Waals surface area contributed by atoms with Crippen LogP contribution in [0.25, 0.3) is 0 Å². The van der Waals surface area contributed by atoms with E-state index < -0.39 is 0 Å². The molecule has 150 valence electrons. The van der Waals surface area contributed by atoms with Gasteiger partial charge in [0.25, 0.3) is 0 Å². The van der Waals surface area contributed by atoms with Crippen LogP contribution in [0.3, 0.4) is 0 Å². The SMILES string of the molecule is CC1CCC([C@H]2C[C@H]3CCC(C2c2nnc(C4CCCCC4)s2)N3C)CC1. The molecule has 4 fully saturated rings. The van der Waals surface area contributed by atoms with Crippen LogP contribution in [-0.2, 0) is 0 Å². The Morgan fingerprint density at radius 3 is 2.37 bits per heavy atom. The molecule has 2 bridgehead atoms. The van der Waals surface area contributed by atoms with Crippen LogP contribution in [0.2, 0.25) is 0 Å². The number of hydrogen-bond donors (Lipinski definition) is 0. The van der Waals surface area contributed by atoms with E-state index >= 15 is 0 Å². The summed E-state index contributed by atoms with van der Waals surface area (Å²) in [5, 5.41) is 12.4. The van der Waals surface area contributed by atoms with Crippen LogP contribution in [0.5, 0.6) is 0 Å². The first-order valence-electron chi connectivity index (χ1n) is 11.8. The summed E-state index contributed by atoms with van der Waals surface area (Å²) in [6.07, 6.45) is 16.9. The Morgan fingerprint density at radius 1 is 0.852 bits per heavy atom. The lowest BCUT2D eigenvalue weighted by atomic mass is 9.67. The van der Waals surface area contributed by atoms with Gasteiger partial charge in [-0.25, -0.2) is 0 Å². The Kier molecular flexibility index (Phi) is 5.32. The maximum atomic E-state index is 4.87. The van der Waals surface area contributed by atoms with Crippen LogP contribution in [0.1, 0.15) is 106 Å². The van der Waals surface area contributed by atoms with Gasteiger partial charge in [0.15, 0.2) is 0 Å². The van der Waals surface area contributed by atoms with Crippen molar-refractivity contribution in [3.05, 3.63) is 10.0 Å². The minimum atomic E-state index is 0.655. The third-order valence-electron chi connectivity index (χ3n) is 8.68. The lowest BCUT2D eigenvalue weighted by Gasteiger charge is -2.46. The van der Waals surface area contributed by atoms with Crippen LogP contribution in [0.15, 0.2) is 0 Å². The number of aromatic nitrogens is 2. The van der Waals surface area contributed by atoms with Crippen LogP contribution < -0.4 is 0 Å². The monoisotopic (exact) mass is 387 g/mol. The van der Waals surface area contributed by atoms with Gasteiger partial charge in [0.2, 0.25) is 0 Å². The molecule has 0 spiro atoms. The first-order valence-corrected chi connectivity index (χ1v) is 12.6. The molecule has 27 heavy (non-hydrogen) atoms. The molecule has 4 heteroatoms. The average Bonchev–Trinajstić information content (AvgIpc) is 3.26. The van der Waals surface area contributed by atoms with Crippen molar-refractivity contribution in [1.82, 2.24) is 15.1 Å². The van der Waals surface area contributed by atoms with Crippen LogP contribution >= 0.6 is 11.3 Å². The topological polar surface area (TPSA) is 29.0 Å². The first kappa shape index (κ1) is 18.5. The molecule has 1 aromatic rings. The summed E-state index contributed by atoms with van der Waals surface area (Å²) >= 11 is 2.01. The molecule has 2 aliphatic carbocycles. The van der Waals surface area contributed by atoms with Gasteiger partial charge in [-0.1, -0.05) is 39.0 Å². The highest BCUT2D eigenvalue weighted by molar-refractivity contribution is 7.11. The van der Waals surface area contributed by atoms with Crippen molar-refractivity contribution in [2.24, 2.45) is 17.8 Å². The molecule has 3 heterocycles. The Labute approximate surface area is 169 Å². The van der Waals surface area contributed by atoms with E-state index in [4.69, 9.17) is 10.2 Å². The van der Waals surface area contributed by atoms with Gasteiger partial charge in [0.05, 0.1) is 0 Å². The van der Waals surface area contributed by atoms with Crippen LogP contribution in [0.4, 0.5) is 0 Å². The smallest absolute Gasteiger partial charge is 0.122 e. The zero-order chi connectivity index (χ0) is 18.4. The zero-order valence-corrected chi connectivity index (χ0v) is 18.1. The van der Waals surface area contributed by atoms with E-state index in [-0.39, 0.29) is 0 Å². The second-order valence-electron chi connectivity index (χ2n) is 10.2. The standard InChI is InChI=1S/C23H37N3S/c1-15-8-10-16(11-9-15)19-14-18-12-13-20(26(18)2)21(19)23-25-24-22(27-23)17-6-4-3-5-7-17/h15-21H,3-14H2,1-2H3/t15?,16?,18-,19-,20?,21?/m1/s1. The minimum Gasteiger partial charge on any atom is -0.300 e. The second-order valence-corrected chi connectivity index (χ2v) is 11.3. The van der Waals surface area contributed by atoms with Crippen molar-refractivity contribution in [2.75, 3.05) is 7.05 Å². The van der Waals surface area contributed by atoms with Gasteiger partial charge < -0.3 is 0 Å². The fourth-order valence-electron chi connectivity index (χ4n) is 6.95. The van der Waals surface area contributed by atoms with E-state index in [2.05, 4.69) is 18.9 Å². The normalized spacial score (nSPS) is 41.1. The van der Waals surface area contributed by atoms with Gasteiger partial charge in [-0.05, 0) is 69.7 Å². The number of hydrogen-bond acceptors (Lipinski definition) is 4. The fourth-order valence-corrected chi connectivity index (χ4v) is 8.20. The molecule has 1 aromatic heterocycles. The Balaban J connectivity index is 1.41. The molecule has 0 amide bonds.